The minimum absolute atomic E-state index is 0.194. The Balaban J connectivity index is 1.47. The van der Waals surface area contributed by atoms with Crippen molar-refractivity contribution in [2.45, 2.75) is 14.4 Å². The number of thioether (sulfide) groups is 2. The average Bonchev–Trinajstić information content (AvgIpc) is 3.23. The first-order chi connectivity index (χ1) is 12.5. The Bertz CT molecular complexity index is 918. The number of anilines is 2. The number of carbonyl (C=O) groups excluding carboxylic acids is 1. The van der Waals surface area contributed by atoms with Crippen molar-refractivity contribution in [1.29, 1.82) is 0 Å². The van der Waals surface area contributed by atoms with Crippen LogP contribution in [0.5, 0.6) is 0 Å². The van der Waals surface area contributed by atoms with Gasteiger partial charge in [0.1, 0.15) is 0 Å². The van der Waals surface area contributed by atoms with Crippen molar-refractivity contribution < 1.29 is 4.79 Å². The number of amides is 1. The van der Waals surface area contributed by atoms with Crippen molar-refractivity contribution in [3.63, 3.8) is 0 Å². The molecule has 0 radical (unpaired) electrons. The maximum Gasteiger partial charge on any atom is 0.236 e. The van der Waals surface area contributed by atoms with Crippen LogP contribution in [0, 0.1) is 0 Å². The maximum atomic E-state index is 11.9. The van der Waals surface area contributed by atoms with Gasteiger partial charge in [0.2, 0.25) is 16.2 Å². The zero-order valence-corrected chi connectivity index (χ0v) is 17.6. The van der Waals surface area contributed by atoms with Crippen LogP contribution in [-0.4, -0.2) is 32.1 Å². The first-order valence-electron chi connectivity index (χ1n) is 6.91. The molecule has 0 spiro atoms. The maximum absolute atomic E-state index is 11.9. The van der Waals surface area contributed by atoms with Gasteiger partial charge in [-0.3, -0.25) is 10.1 Å². The molecule has 3 N–H and O–H groups in total. The summed E-state index contributed by atoms with van der Waals surface area (Å²) in [5, 5.41) is 20.1. The van der Waals surface area contributed by atoms with Gasteiger partial charge < -0.3 is 5.73 Å². The van der Waals surface area contributed by atoms with Gasteiger partial charge in [-0.25, -0.2) is 0 Å². The summed E-state index contributed by atoms with van der Waals surface area (Å²) < 4.78 is 1.39. The van der Waals surface area contributed by atoms with E-state index < -0.39 is 0 Å². The summed E-state index contributed by atoms with van der Waals surface area (Å²) in [5.41, 5.74) is 6.52. The summed E-state index contributed by atoms with van der Waals surface area (Å²) in [6, 6.07) is 5.48. The van der Waals surface area contributed by atoms with Gasteiger partial charge in [-0.05, 0) is 17.7 Å². The van der Waals surface area contributed by atoms with Crippen LogP contribution in [-0.2, 0) is 10.5 Å². The summed E-state index contributed by atoms with van der Waals surface area (Å²) in [6.07, 6.45) is 0. The predicted molar refractivity (Wildman–Crippen MR) is 110 cm³/mol. The highest BCUT2D eigenvalue weighted by atomic mass is 35.5. The molecule has 0 aliphatic rings. The molecule has 0 saturated carbocycles. The smallest absolute Gasteiger partial charge is 0.236 e. The summed E-state index contributed by atoms with van der Waals surface area (Å²) in [6.45, 7) is 0. The highest BCUT2D eigenvalue weighted by Gasteiger charge is 2.11. The zero-order chi connectivity index (χ0) is 18.5. The van der Waals surface area contributed by atoms with E-state index in [0.29, 0.717) is 30.4 Å². The molecule has 26 heavy (non-hydrogen) atoms. The van der Waals surface area contributed by atoms with E-state index in [4.69, 9.17) is 28.9 Å². The molecule has 0 saturated heterocycles. The van der Waals surface area contributed by atoms with E-state index in [0.717, 1.165) is 9.90 Å². The van der Waals surface area contributed by atoms with E-state index >= 15 is 0 Å². The Morgan fingerprint density at radius 2 is 1.85 bits per heavy atom. The summed E-state index contributed by atoms with van der Waals surface area (Å²) in [5.74, 6) is 0.675. The number of nitrogen functional groups attached to an aromatic ring is 1. The quantitative estimate of drug-likeness (QED) is 0.393. The number of aromatic nitrogens is 4. The number of benzene rings is 1. The minimum Gasteiger partial charge on any atom is -0.374 e. The van der Waals surface area contributed by atoms with E-state index in [1.807, 2.05) is 12.1 Å². The SMILES string of the molecule is Nc1nnc(SCC(=O)Nc2nnc(SCc3ccc(Cl)c(Cl)c3)s2)s1. The second-order valence-electron chi connectivity index (χ2n) is 4.65. The molecule has 0 bridgehead atoms. The number of halogens is 2. The number of hydrogen-bond donors (Lipinski definition) is 2. The van der Waals surface area contributed by atoms with Crippen molar-refractivity contribution in [2.75, 3.05) is 16.8 Å². The van der Waals surface area contributed by atoms with E-state index in [1.165, 1.54) is 46.2 Å². The normalized spacial score (nSPS) is 10.8. The van der Waals surface area contributed by atoms with Gasteiger partial charge in [0, 0.05) is 5.75 Å². The van der Waals surface area contributed by atoms with Gasteiger partial charge in [-0.1, -0.05) is 75.5 Å². The fourth-order valence-electron chi connectivity index (χ4n) is 1.65. The zero-order valence-electron chi connectivity index (χ0n) is 12.8. The van der Waals surface area contributed by atoms with Crippen LogP contribution in [0.2, 0.25) is 10.0 Å². The Labute approximate surface area is 175 Å². The van der Waals surface area contributed by atoms with E-state index in [1.54, 1.807) is 6.07 Å². The fourth-order valence-corrected chi connectivity index (χ4v) is 5.12. The van der Waals surface area contributed by atoms with Crippen LogP contribution < -0.4 is 11.1 Å². The number of rotatable bonds is 7. The van der Waals surface area contributed by atoms with Gasteiger partial charge in [-0.2, -0.15) is 0 Å². The van der Waals surface area contributed by atoms with Crippen molar-refractivity contribution in [3.05, 3.63) is 33.8 Å². The number of hydrogen-bond acceptors (Lipinski definition) is 10. The van der Waals surface area contributed by atoms with Gasteiger partial charge in [-0.15, -0.1) is 20.4 Å². The molecule has 0 unspecified atom stereocenters. The largest absolute Gasteiger partial charge is 0.374 e. The molecule has 0 fully saturated rings. The summed E-state index contributed by atoms with van der Waals surface area (Å²) in [7, 11) is 0. The minimum atomic E-state index is -0.194. The lowest BCUT2D eigenvalue weighted by Gasteiger charge is -2.01. The molecular formula is C13H10Cl2N6OS4. The third kappa shape index (κ3) is 5.69. The molecular weight excluding hydrogens is 455 g/mol. The standard InChI is InChI=1S/C13H10Cl2N6OS4/c14-7-2-1-6(3-8(7)15)4-23-13-21-19-11(26-13)17-9(22)5-24-12-20-18-10(16)25-12/h1-3H,4-5H2,(H2,16,18)(H,17,19,22). The second-order valence-corrected chi connectivity index (χ2v) is 9.90. The molecule has 2 heterocycles. The average molecular weight is 465 g/mol. The van der Waals surface area contributed by atoms with Gasteiger partial charge in [0.05, 0.1) is 15.8 Å². The Hall–Kier alpha value is -1.11. The number of nitrogens with zero attached hydrogens (tertiary/aromatic N) is 4. The van der Waals surface area contributed by atoms with Crippen LogP contribution >= 0.6 is 69.4 Å². The lowest BCUT2D eigenvalue weighted by Crippen LogP contribution is -2.13. The molecule has 1 aromatic carbocycles. The van der Waals surface area contributed by atoms with Crippen molar-refractivity contribution >= 4 is 85.6 Å². The first kappa shape index (κ1) is 19.6. The third-order valence-electron chi connectivity index (χ3n) is 2.75. The van der Waals surface area contributed by atoms with E-state index in [2.05, 4.69) is 25.7 Å². The number of nitrogens with one attached hydrogen (secondary N) is 1. The molecule has 136 valence electrons. The third-order valence-corrected chi connectivity index (χ3v) is 7.42. The van der Waals surface area contributed by atoms with Gasteiger partial charge in [0.25, 0.3) is 0 Å². The predicted octanol–water partition coefficient (Wildman–Crippen LogP) is 4.30. The Morgan fingerprint density at radius 1 is 1.08 bits per heavy atom. The molecule has 13 heteroatoms. The molecule has 7 nitrogen and oxygen atoms in total. The van der Waals surface area contributed by atoms with Crippen LogP contribution in [0.25, 0.3) is 0 Å². The Morgan fingerprint density at radius 3 is 2.58 bits per heavy atom. The summed E-state index contributed by atoms with van der Waals surface area (Å²) >= 11 is 17.2. The monoisotopic (exact) mass is 464 g/mol. The molecule has 1 amide bonds. The fraction of sp³-hybridized carbons (Fsp3) is 0.154. The first-order valence-corrected chi connectivity index (χ1v) is 11.3. The van der Waals surface area contributed by atoms with Gasteiger partial charge in [0.15, 0.2) is 8.68 Å². The number of carbonyl (C=O) groups is 1. The van der Waals surface area contributed by atoms with Crippen molar-refractivity contribution in [1.82, 2.24) is 20.4 Å². The van der Waals surface area contributed by atoms with E-state index in [-0.39, 0.29) is 11.7 Å². The van der Waals surface area contributed by atoms with Crippen molar-refractivity contribution in [2.24, 2.45) is 0 Å². The molecule has 3 rings (SSSR count). The van der Waals surface area contributed by atoms with Crippen LogP contribution in [0.15, 0.2) is 26.9 Å². The van der Waals surface area contributed by atoms with Crippen LogP contribution in [0.1, 0.15) is 5.56 Å². The molecule has 3 aromatic rings. The molecule has 0 aliphatic heterocycles. The molecule has 0 atom stereocenters. The summed E-state index contributed by atoms with van der Waals surface area (Å²) in [4.78, 5) is 11.9. The number of nitrogens with two attached hydrogens (primary N) is 1. The van der Waals surface area contributed by atoms with Crippen LogP contribution in [0.3, 0.4) is 0 Å². The second kappa shape index (κ2) is 9.20. The molecule has 0 aliphatic carbocycles. The highest BCUT2D eigenvalue weighted by molar-refractivity contribution is 8.01. The lowest BCUT2D eigenvalue weighted by atomic mass is 10.2. The Kier molecular flexibility index (Phi) is 6.95. The van der Waals surface area contributed by atoms with Crippen molar-refractivity contribution in [3.8, 4) is 0 Å². The highest BCUT2D eigenvalue weighted by Crippen LogP contribution is 2.31. The van der Waals surface area contributed by atoms with E-state index in [9.17, 15) is 4.79 Å². The molecule has 2 aromatic heterocycles. The topological polar surface area (TPSA) is 107 Å². The van der Waals surface area contributed by atoms with Gasteiger partial charge >= 0.3 is 0 Å². The van der Waals surface area contributed by atoms with Crippen LogP contribution in [0.4, 0.5) is 10.3 Å². The lowest BCUT2D eigenvalue weighted by molar-refractivity contribution is -0.113.